The molecule has 0 unspecified atom stereocenters. The third-order valence-electron chi connectivity index (χ3n) is 4.06. The number of fused-ring (bicyclic) bond motifs is 1. The summed E-state index contributed by atoms with van der Waals surface area (Å²) < 4.78 is 16.1. The van der Waals surface area contributed by atoms with E-state index in [2.05, 4.69) is 30.1 Å². The molecule has 0 saturated carbocycles. The lowest BCUT2D eigenvalue weighted by atomic mass is 9.89. The number of nitrogens with one attached hydrogen (secondary N) is 1. The number of ether oxygens (including phenoxy) is 3. The number of hydrogen-bond acceptors (Lipinski definition) is 4. The van der Waals surface area contributed by atoms with E-state index < -0.39 is 0 Å². The van der Waals surface area contributed by atoms with E-state index in [1.807, 2.05) is 19.2 Å². The summed E-state index contributed by atoms with van der Waals surface area (Å²) in [5.74, 6) is 2.55. The van der Waals surface area contributed by atoms with Crippen molar-refractivity contribution in [2.24, 2.45) is 10.4 Å². The van der Waals surface area contributed by atoms with Crippen molar-refractivity contribution in [1.82, 2.24) is 10.2 Å². The average molecular weight is 447 g/mol. The molecule has 2 heterocycles. The molecule has 0 aromatic heterocycles. The Bertz CT molecular complexity index is 590. The second-order valence-electron chi connectivity index (χ2n) is 6.52. The zero-order valence-corrected chi connectivity index (χ0v) is 16.8. The summed E-state index contributed by atoms with van der Waals surface area (Å²) in [6.45, 7) is 8.57. The first-order valence-electron chi connectivity index (χ1n) is 8.05. The van der Waals surface area contributed by atoms with Gasteiger partial charge in [0.2, 0.25) is 6.79 Å². The van der Waals surface area contributed by atoms with Crippen LogP contribution in [0.4, 0.5) is 0 Å². The summed E-state index contributed by atoms with van der Waals surface area (Å²) in [5, 5.41) is 3.35. The van der Waals surface area contributed by atoms with Crippen molar-refractivity contribution in [1.29, 1.82) is 0 Å². The van der Waals surface area contributed by atoms with E-state index in [-0.39, 0.29) is 29.4 Å². The van der Waals surface area contributed by atoms with Crippen LogP contribution in [0.25, 0.3) is 0 Å². The normalized spacial score (nSPS) is 17.7. The maximum Gasteiger partial charge on any atom is 0.231 e. The number of benzene rings is 1. The van der Waals surface area contributed by atoms with Crippen molar-refractivity contribution in [3.8, 4) is 11.5 Å². The first-order valence-corrected chi connectivity index (χ1v) is 8.05. The fourth-order valence-electron chi connectivity index (χ4n) is 2.67. The lowest BCUT2D eigenvalue weighted by molar-refractivity contribution is -0.0946. The lowest BCUT2D eigenvalue weighted by Gasteiger charge is -2.37. The van der Waals surface area contributed by atoms with Gasteiger partial charge in [0, 0.05) is 25.6 Å². The van der Waals surface area contributed by atoms with Crippen molar-refractivity contribution in [3.05, 3.63) is 23.8 Å². The van der Waals surface area contributed by atoms with Crippen LogP contribution in [-0.2, 0) is 11.3 Å². The van der Waals surface area contributed by atoms with Gasteiger partial charge in [-0.3, -0.25) is 4.99 Å². The Hall–Kier alpha value is -1.22. The standard InChI is InChI=1S/C17H25N3O3.HI/c1-4-18-16(19-9-17(2)10-21-11-17)20(3)8-13-5-6-14-15(7-13)23-12-22-14;/h5-7H,4,8-12H2,1-3H3,(H,18,19);1H. The Labute approximate surface area is 160 Å². The van der Waals surface area contributed by atoms with Crippen LogP contribution < -0.4 is 14.8 Å². The molecule has 7 heteroatoms. The summed E-state index contributed by atoms with van der Waals surface area (Å²) in [4.78, 5) is 6.90. The molecule has 1 fully saturated rings. The van der Waals surface area contributed by atoms with E-state index in [1.165, 1.54) is 5.56 Å². The molecule has 0 aliphatic carbocycles. The highest BCUT2D eigenvalue weighted by atomic mass is 127. The van der Waals surface area contributed by atoms with Crippen LogP contribution in [0.1, 0.15) is 19.4 Å². The fourth-order valence-corrected chi connectivity index (χ4v) is 2.67. The summed E-state index contributed by atoms with van der Waals surface area (Å²) in [5.41, 5.74) is 1.35. The van der Waals surface area contributed by atoms with Gasteiger partial charge in [0.05, 0.1) is 19.8 Å². The largest absolute Gasteiger partial charge is 0.454 e. The zero-order valence-electron chi connectivity index (χ0n) is 14.5. The minimum atomic E-state index is 0. The van der Waals surface area contributed by atoms with Gasteiger partial charge in [-0.1, -0.05) is 13.0 Å². The second-order valence-corrected chi connectivity index (χ2v) is 6.52. The number of nitrogens with zero attached hydrogens (tertiary/aromatic N) is 2. The highest BCUT2D eigenvalue weighted by Crippen LogP contribution is 2.32. The molecule has 0 radical (unpaired) electrons. The Kier molecular flexibility index (Phi) is 6.56. The SMILES string of the molecule is CCNC(=NCC1(C)COC1)N(C)Cc1ccc2c(c1)OCO2.I. The van der Waals surface area contributed by atoms with Gasteiger partial charge >= 0.3 is 0 Å². The monoisotopic (exact) mass is 447 g/mol. The summed E-state index contributed by atoms with van der Waals surface area (Å²) in [6.07, 6.45) is 0. The van der Waals surface area contributed by atoms with E-state index in [9.17, 15) is 0 Å². The molecule has 0 atom stereocenters. The molecule has 3 rings (SSSR count). The average Bonchev–Trinajstić information content (AvgIpc) is 2.97. The maximum absolute atomic E-state index is 5.44. The van der Waals surface area contributed by atoms with Crippen molar-refractivity contribution < 1.29 is 14.2 Å². The number of aliphatic imine (C=N–C) groups is 1. The van der Waals surface area contributed by atoms with Gasteiger partial charge in [-0.05, 0) is 24.6 Å². The Balaban J connectivity index is 0.00000208. The van der Waals surface area contributed by atoms with Crippen molar-refractivity contribution in [3.63, 3.8) is 0 Å². The Morgan fingerprint density at radius 1 is 1.29 bits per heavy atom. The van der Waals surface area contributed by atoms with Crippen molar-refractivity contribution >= 4 is 29.9 Å². The molecular weight excluding hydrogens is 421 g/mol. The molecule has 1 saturated heterocycles. The Morgan fingerprint density at radius 2 is 2.04 bits per heavy atom. The molecule has 134 valence electrons. The van der Waals surface area contributed by atoms with Crippen LogP contribution in [0.3, 0.4) is 0 Å². The molecule has 0 amide bonds. The predicted octanol–water partition coefficient (Wildman–Crippen LogP) is 2.47. The third kappa shape index (κ3) is 4.44. The van der Waals surface area contributed by atoms with Crippen LogP contribution in [0, 0.1) is 5.41 Å². The summed E-state index contributed by atoms with van der Waals surface area (Å²) in [6, 6.07) is 6.06. The summed E-state index contributed by atoms with van der Waals surface area (Å²) >= 11 is 0. The predicted molar refractivity (Wildman–Crippen MR) is 104 cm³/mol. The zero-order chi connectivity index (χ0) is 16.3. The van der Waals surface area contributed by atoms with Gasteiger partial charge in [0.1, 0.15) is 0 Å². The molecule has 24 heavy (non-hydrogen) atoms. The van der Waals surface area contributed by atoms with Crippen LogP contribution in [0.5, 0.6) is 11.5 Å². The number of rotatable bonds is 5. The van der Waals surface area contributed by atoms with Crippen LogP contribution in [0.15, 0.2) is 23.2 Å². The van der Waals surface area contributed by atoms with Gasteiger partial charge in [0.15, 0.2) is 17.5 Å². The summed E-state index contributed by atoms with van der Waals surface area (Å²) in [7, 11) is 2.05. The highest BCUT2D eigenvalue weighted by Gasteiger charge is 2.33. The minimum Gasteiger partial charge on any atom is -0.454 e. The lowest BCUT2D eigenvalue weighted by Crippen LogP contribution is -2.44. The Morgan fingerprint density at radius 3 is 2.71 bits per heavy atom. The van der Waals surface area contributed by atoms with Gasteiger partial charge < -0.3 is 24.4 Å². The van der Waals surface area contributed by atoms with Gasteiger partial charge in [-0.2, -0.15) is 0 Å². The fraction of sp³-hybridized carbons (Fsp3) is 0.588. The molecule has 1 N–H and O–H groups in total. The van der Waals surface area contributed by atoms with E-state index >= 15 is 0 Å². The van der Waals surface area contributed by atoms with Crippen LogP contribution in [0.2, 0.25) is 0 Å². The maximum atomic E-state index is 5.44. The number of guanidine groups is 1. The van der Waals surface area contributed by atoms with Crippen LogP contribution in [-0.4, -0.2) is 51.0 Å². The first-order chi connectivity index (χ1) is 11.1. The van der Waals surface area contributed by atoms with Gasteiger partial charge in [0.25, 0.3) is 0 Å². The van der Waals surface area contributed by atoms with Crippen molar-refractivity contribution in [2.45, 2.75) is 20.4 Å². The number of halogens is 1. The third-order valence-corrected chi connectivity index (χ3v) is 4.06. The molecule has 6 nitrogen and oxygen atoms in total. The molecule has 1 aromatic carbocycles. The van der Waals surface area contributed by atoms with E-state index in [1.54, 1.807) is 0 Å². The van der Waals surface area contributed by atoms with Crippen molar-refractivity contribution in [2.75, 3.05) is 40.1 Å². The second kappa shape index (κ2) is 8.24. The molecule has 2 aliphatic rings. The van der Waals surface area contributed by atoms with Gasteiger partial charge in [-0.15, -0.1) is 24.0 Å². The minimum absolute atomic E-state index is 0. The van der Waals surface area contributed by atoms with Crippen LogP contribution >= 0.6 is 24.0 Å². The smallest absolute Gasteiger partial charge is 0.231 e. The first kappa shape index (κ1) is 19.1. The molecule has 0 spiro atoms. The van der Waals surface area contributed by atoms with Gasteiger partial charge in [-0.25, -0.2) is 0 Å². The highest BCUT2D eigenvalue weighted by molar-refractivity contribution is 14.0. The molecular formula is C17H26IN3O3. The molecule has 1 aromatic rings. The number of hydrogen-bond donors (Lipinski definition) is 1. The molecule has 0 bridgehead atoms. The van der Waals surface area contributed by atoms with E-state index in [0.717, 1.165) is 50.3 Å². The van der Waals surface area contributed by atoms with E-state index in [4.69, 9.17) is 19.2 Å². The quantitative estimate of drug-likeness (QED) is 0.427. The van der Waals surface area contributed by atoms with E-state index in [0.29, 0.717) is 6.79 Å². The topological polar surface area (TPSA) is 55.3 Å². The molecule has 2 aliphatic heterocycles.